The first-order chi connectivity index (χ1) is 23.8. The van der Waals surface area contributed by atoms with Crippen LogP contribution in [0.4, 0.5) is 10.5 Å². The Hall–Kier alpha value is -4.36. The van der Waals surface area contributed by atoms with Crippen molar-refractivity contribution in [2.24, 2.45) is 0 Å². The van der Waals surface area contributed by atoms with E-state index in [1.807, 2.05) is 56.3 Å². The summed E-state index contributed by atoms with van der Waals surface area (Å²) in [6.07, 6.45) is 0.653. The summed E-state index contributed by atoms with van der Waals surface area (Å²) in [4.78, 5) is 45.4. The molecule has 0 aliphatic carbocycles. The van der Waals surface area contributed by atoms with Crippen molar-refractivity contribution in [3.63, 3.8) is 0 Å². The van der Waals surface area contributed by atoms with Gasteiger partial charge in [-0.25, -0.2) is 13.2 Å². The van der Waals surface area contributed by atoms with Crippen LogP contribution in [0.25, 0.3) is 10.8 Å². The molecule has 14 heteroatoms. The first kappa shape index (κ1) is 35.5. The van der Waals surface area contributed by atoms with E-state index in [0.717, 1.165) is 33.7 Å². The van der Waals surface area contributed by atoms with E-state index in [2.05, 4.69) is 10.0 Å². The van der Waals surface area contributed by atoms with Crippen LogP contribution in [-0.4, -0.2) is 83.7 Å². The highest BCUT2D eigenvalue weighted by Crippen LogP contribution is 2.32. The molecule has 2 heterocycles. The number of hydrogen-bond donors (Lipinski definition) is 2. The average molecular weight is 738 g/mol. The molecule has 2 aliphatic heterocycles. The lowest BCUT2D eigenvalue weighted by atomic mass is 9.99. The number of amides is 4. The fraction of sp³-hybridized carbons (Fsp3) is 0.306. The van der Waals surface area contributed by atoms with Crippen LogP contribution in [0.1, 0.15) is 30.5 Å². The number of hydrazine groups is 1. The molecular weight excluding hydrogens is 699 g/mol. The highest BCUT2D eigenvalue weighted by atomic mass is 35.5. The van der Waals surface area contributed by atoms with Crippen molar-refractivity contribution in [3.8, 4) is 0 Å². The van der Waals surface area contributed by atoms with Gasteiger partial charge in [0.25, 0.3) is 0 Å². The maximum atomic E-state index is 14.4. The molecule has 4 aromatic carbocycles. The Morgan fingerprint density at radius 3 is 2.34 bits per heavy atom. The number of fused-ring (bicyclic) bond motifs is 2. The van der Waals surface area contributed by atoms with Crippen LogP contribution in [0.5, 0.6) is 0 Å². The van der Waals surface area contributed by atoms with Gasteiger partial charge in [-0.05, 0) is 65.6 Å². The molecule has 0 radical (unpaired) electrons. The zero-order valence-corrected chi connectivity index (χ0v) is 30.2. The van der Waals surface area contributed by atoms with Gasteiger partial charge in [0.05, 0.1) is 29.4 Å². The number of piperazine rings is 1. The maximum Gasteiger partial charge on any atom is 0.332 e. The molecule has 2 fully saturated rings. The highest BCUT2D eigenvalue weighted by molar-refractivity contribution is 7.92. The van der Waals surface area contributed by atoms with Gasteiger partial charge in [-0.15, -0.1) is 0 Å². The Bertz CT molecular complexity index is 2040. The molecule has 50 heavy (non-hydrogen) atoms. The second-order valence-electron chi connectivity index (χ2n) is 12.9. The Kier molecular flexibility index (Phi) is 10.3. The van der Waals surface area contributed by atoms with Crippen molar-refractivity contribution in [1.82, 2.24) is 25.1 Å². The second kappa shape index (κ2) is 14.5. The van der Waals surface area contributed by atoms with Gasteiger partial charge in [0.1, 0.15) is 12.2 Å². The SMILES string of the molecule is CC(C)N(C(=O)NCc1ccc(Cl)c(Cl)c1)N1CC(=O)N2[C@@H](Cc3ccc(NS(C)(=O)=O)cc3)C(=O)N(Cc3cccc4ccccc34)C[C@@H]21. The number of anilines is 1. The monoisotopic (exact) mass is 736 g/mol. The Labute approximate surface area is 301 Å². The second-order valence-corrected chi connectivity index (χ2v) is 15.4. The summed E-state index contributed by atoms with van der Waals surface area (Å²) in [6.45, 7) is 4.34. The molecule has 4 amide bonds. The molecule has 0 unspecified atom stereocenters. The van der Waals surface area contributed by atoms with Crippen LogP contribution in [0, 0.1) is 0 Å². The number of nitrogens with zero attached hydrogens (tertiary/aromatic N) is 4. The molecule has 2 aliphatic rings. The van der Waals surface area contributed by atoms with E-state index in [-0.39, 0.29) is 43.9 Å². The predicted molar refractivity (Wildman–Crippen MR) is 195 cm³/mol. The summed E-state index contributed by atoms with van der Waals surface area (Å²) in [5, 5.41) is 9.13. The Balaban J connectivity index is 1.31. The molecule has 0 saturated carbocycles. The maximum absolute atomic E-state index is 14.4. The van der Waals surface area contributed by atoms with Crippen molar-refractivity contribution in [1.29, 1.82) is 0 Å². The number of sulfonamides is 1. The lowest BCUT2D eigenvalue weighted by molar-refractivity contribution is -0.158. The number of carbonyl (C=O) groups excluding carboxylic acids is 3. The number of nitrogens with one attached hydrogen (secondary N) is 2. The topological polar surface area (TPSA) is 122 Å². The van der Waals surface area contributed by atoms with E-state index in [4.69, 9.17) is 23.2 Å². The summed E-state index contributed by atoms with van der Waals surface area (Å²) < 4.78 is 25.9. The van der Waals surface area contributed by atoms with Gasteiger partial charge in [-0.3, -0.25) is 19.3 Å². The first-order valence-electron chi connectivity index (χ1n) is 16.2. The van der Waals surface area contributed by atoms with Gasteiger partial charge in [-0.1, -0.05) is 83.9 Å². The molecule has 11 nitrogen and oxygen atoms in total. The van der Waals surface area contributed by atoms with E-state index >= 15 is 0 Å². The summed E-state index contributed by atoms with van der Waals surface area (Å²) >= 11 is 12.3. The number of urea groups is 1. The summed E-state index contributed by atoms with van der Waals surface area (Å²) in [7, 11) is -3.47. The summed E-state index contributed by atoms with van der Waals surface area (Å²) in [5.74, 6) is -0.473. The number of rotatable bonds is 10. The van der Waals surface area contributed by atoms with Crippen LogP contribution in [0.2, 0.25) is 10.0 Å². The van der Waals surface area contributed by atoms with E-state index in [1.165, 1.54) is 0 Å². The molecule has 0 bridgehead atoms. The van der Waals surface area contributed by atoms with Crippen LogP contribution >= 0.6 is 23.2 Å². The van der Waals surface area contributed by atoms with Gasteiger partial charge in [-0.2, -0.15) is 5.01 Å². The molecule has 262 valence electrons. The smallest absolute Gasteiger partial charge is 0.332 e. The zero-order valence-electron chi connectivity index (χ0n) is 27.8. The van der Waals surface area contributed by atoms with Gasteiger partial charge in [0, 0.05) is 31.2 Å². The molecule has 0 aromatic heterocycles. The minimum Gasteiger partial charge on any atom is -0.333 e. The summed E-state index contributed by atoms with van der Waals surface area (Å²) in [6, 6.07) is 24.3. The molecule has 6 rings (SSSR count). The molecule has 2 N–H and O–H groups in total. The standard InChI is InChI=1S/C36H38Cl2N6O5S/c1-23(2)44(36(47)39-19-25-13-16-30(37)31(38)17-25)42-22-34(45)43-32(18-24-11-14-28(15-12-24)40-50(3,48)49)35(46)41(21-33(42)43)20-27-9-6-8-26-7-4-5-10-29(26)27/h4-17,23,32-33,40H,18-22H2,1-3H3,(H,39,47)/t32-,33+/m0/s1. The van der Waals surface area contributed by atoms with E-state index in [9.17, 15) is 22.8 Å². The first-order valence-corrected chi connectivity index (χ1v) is 18.8. The van der Waals surface area contributed by atoms with E-state index in [0.29, 0.717) is 22.3 Å². The van der Waals surface area contributed by atoms with Gasteiger partial charge >= 0.3 is 6.03 Å². The minimum atomic E-state index is -3.47. The fourth-order valence-corrected chi connectivity index (χ4v) is 7.59. The molecule has 2 saturated heterocycles. The van der Waals surface area contributed by atoms with Crippen LogP contribution < -0.4 is 10.0 Å². The Morgan fingerprint density at radius 2 is 1.64 bits per heavy atom. The highest BCUT2D eigenvalue weighted by Gasteiger charge is 2.52. The van der Waals surface area contributed by atoms with Crippen molar-refractivity contribution >= 4 is 67.5 Å². The third-order valence-electron chi connectivity index (χ3n) is 8.90. The van der Waals surface area contributed by atoms with Crippen molar-refractivity contribution in [2.45, 2.75) is 51.6 Å². The van der Waals surface area contributed by atoms with E-state index < -0.39 is 28.3 Å². The lowest BCUT2D eigenvalue weighted by Crippen LogP contribution is -2.66. The number of halogens is 2. The third kappa shape index (κ3) is 7.68. The van der Waals surface area contributed by atoms with Gasteiger partial charge < -0.3 is 15.1 Å². The zero-order chi connectivity index (χ0) is 35.7. The van der Waals surface area contributed by atoms with Gasteiger partial charge in [0.2, 0.25) is 21.8 Å². The van der Waals surface area contributed by atoms with Crippen LogP contribution in [-0.2, 0) is 39.1 Å². The third-order valence-corrected chi connectivity index (χ3v) is 10.2. The quantitative estimate of drug-likeness (QED) is 0.223. The largest absolute Gasteiger partial charge is 0.333 e. The molecule has 2 atom stereocenters. The van der Waals surface area contributed by atoms with Crippen LogP contribution in [0.15, 0.2) is 84.9 Å². The number of hydrogen-bond acceptors (Lipinski definition) is 6. The van der Waals surface area contributed by atoms with Gasteiger partial charge in [0.15, 0.2) is 0 Å². The Morgan fingerprint density at radius 1 is 0.940 bits per heavy atom. The van der Waals surface area contributed by atoms with Crippen molar-refractivity contribution in [2.75, 3.05) is 24.1 Å². The molecule has 0 spiro atoms. The average Bonchev–Trinajstić information content (AvgIpc) is 3.38. The molecular formula is C36H38Cl2N6O5S. The molecule has 4 aromatic rings. The normalized spacial score (nSPS) is 18.1. The van der Waals surface area contributed by atoms with Crippen molar-refractivity contribution < 1.29 is 22.8 Å². The predicted octanol–water partition coefficient (Wildman–Crippen LogP) is 5.48. The summed E-state index contributed by atoms with van der Waals surface area (Å²) in [5.41, 5.74) is 2.87. The lowest BCUT2D eigenvalue weighted by Gasteiger charge is -2.47. The van der Waals surface area contributed by atoms with E-state index in [1.54, 1.807) is 62.3 Å². The number of benzene rings is 4. The number of carbonyl (C=O) groups is 3. The van der Waals surface area contributed by atoms with Crippen LogP contribution in [0.3, 0.4) is 0 Å². The fourth-order valence-electron chi connectivity index (χ4n) is 6.70. The minimum absolute atomic E-state index is 0.0911. The van der Waals surface area contributed by atoms with Crippen molar-refractivity contribution in [3.05, 3.63) is 112 Å².